The molecule has 2 heterocycles. The monoisotopic (exact) mass is 271 g/mol. The van der Waals surface area contributed by atoms with E-state index >= 15 is 0 Å². The van der Waals surface area contributed by atoms with Crippen molar-refractivity contribution in [1.29, 1.82) is 0 Å². The van der Waals surface area contributed by atoms with Crippen LogP contribution in [0.4, 0.5) is 5.82 Å². The fourth-order valence-corrected chi connectivity index (χ4v) is 2.39. The Hall–Kier alpha value is -0.840. The van der Waals surface area contributed by atoms with E-state index in [1.54, 1.807) is 4.68 Å². The lowest BCUT2D eigenvalue weighted by molar-refractivity contribution is -0.117. The van der Waals surface area contributed by atoms with E-state index in [4.69, 9.17) is 0 Å². The highest BCUT2D eigenvalue weighted by Crippen LogP contribution is 2.26. The van der Waals surface area contributed by atoms with Gasteiger partial charge in [-0.05, 0) is 12.8 Å². The average Bonchev–Trinajstić information content (AvgIpc) is 2.69. The van der Waals surface area contributed by atoms with Crippen LogP contribution in [0.2, 0.25) is 0 Å². The van der Waals surface area contributed by atoms with E-state index in [0.717, 1.165) is 23.4 Å². The number of carbonyl (C=O) groups is 1. The van der Waals surface area contributed by atoms with Gasteiger partial charge in [-0.25, -0.2) is 0 Å². The number of nitrogens with zero attached hydrogens (tertiary/aromatic N) is 3. The van der Waals surface area contributed by atoms with Crippen LogP contribution in [0.15, 0.2) is 6.07 Å². The second-order valence-corrected chi connectivity index (χ2v) is 4.64. The van der Waals surface area contributed by atoms with Gasteiger partial charge in [-0.3, -0.25) is 14.4 Å². The van der Waals surface area contributed by atoms with Crippen molar-refractivity contribution < 1.29 is 4.79 Å². The second-order valence-electron chi connectivity index (χ2n) is 4.00. The highest BCUT2D eigenvalue weighted by atomic mass is 79.9. The molecule has 2 rings (SSSR count). The lowest BCUT2D eigenvalue weighted by Gasteiger charge is -2.15. The van der Waals surface area contributed by atoms with E-state index in [1.807, 2.05) is 24.9 Å². The minimum absolute atomic E-state index is 0.197. The number of anilines is 1. The van der Waals surface area contributed by atoms with Crippen LogP contribution in [0.1, 0.15) is 12.1 Å². The molecule has 0 spiro atoms. The first-order valence-corrected chi connectivity index (χ1v) is 6.11. The molecule has 1 aromatic rings. The van der Waals surface area contributed by atoms with Crippen molar-refractivity contribution in [3.05, 3.63) is 11.8 Å². The van der Waals surface area contributed by atoms with Crippen molar-refractivity contribution in [3.63, 3.8) is 0 Å². The van der Waals surface area contributed by atoms with Crippen molar-refractivity contribution in [2.75, 3.05) is 16.8 Å². The minimum atomic E-state index is 0.197. The van der Waals surface area contributed by atoms with Gasteiger partial charge in [0.15, 0.2) is 0 Å². The molecule has 1 amide bonds. The summed E-state index contributed by atoms with van der Waals surface area (Å²) in [4.78, 5) is 13.6. The molecule has 1 aromatic heterocycles. The summed E-state index contributed by atoms with van der Waals surface area (Å²) in [6, 6.07) is 1.95. The zero-order valence-corrected chi connectivity index (χ0v) is 10.5. The van der Waals surface area contributed by atoms with Crippen LogP contribution < -0.4 is 4.90 Å². The number of aromatic nitrogens is 2. The van der Waals surface area contributed by atoms with Crippen LogP contribution >= 0.6 is 15.9 Å². The number of rotatable bonds is 2. The SMILES string of the molecule is Cc1cc(N2CC(CBr)CC2=O)n(C)n1. The molecule has 0 saturated carbocycles. The summed E-state index contributed by atoms with van der Waals surface area (Å²) in [5, 5.41) is 5.13. The molecule has 0 aliphatic carbocycles. The number of alkyl halides is 1. The van der Waals surface area contributed by atoms with Gasteiger partial charge in [0.2, 0.25) is 5.91 Å². The largest absolute Gasteiger partial charge is 0.297 e. The fraction of sp³-hybridized carbons (Fsp3) is 0.600. The zero-order valence-electron chi connectivity index (χ0n) is 8.90. The highest BCUT2D eigenvalue weighted by molar-refractivity contribution is 9.09. The van der Waals surface area contributed by atoms with Crippen molar-refractivity contribution in [2.24, 2.45) is 13.0 Å². The van der Waals surface area contributed by atoms with Crippen LogP contribution in [0.3, 0.4) is 0 Å². The van der Waals surface area contributed by atoms with Crippen LogP contribution in [0.5, 0.6) is 0 Å². The number of hydrogen-bond donors (Lipinski definition) is 0. The summed E-state index contributed by atoms with van der Waals surface area (Å²) >= 11 is 3.43. The third-order valence-electron chi connectivity index (χ3n) is 2.68. The summed E-state index contributed by atoms with van der Waals surface area (Å²) in [5.74, 6) is 1.52. The minimum Gasteiger partial charge on any atom is -0.297 e. The van der Waals surface area contributed by atoms with E-state index in [2.05, 4.69) is 21.0 Å². The molecule has 0 bridgehead atoms. The summed E-state index contributed by atoms with van der Waals surface area (Å²) in [6.07, 6.45) is 0.634. The van der Waals surface area contributed by atoms with Gasteiger partial charge in [-0.1, -0.05) is 15.9 Å². The summed E-state index contributed by atoms with van der Waals surface area (Å²) in [6.45, 7) is 2.73. The molecule has 82 valence electrons. The van der Waals surface area contributed by atoms with Crippen molar-refractivity contribution in [2.45, 2.75) is 13.3 Å². The van der Waals surface area contributed by atoms with Crippen molar-refractivity contribution in [1.82, 2.24) is 9.78 Å². The molecule has 1 fully saturated rings. The predicted molar refractivity (Wildman–Crippen MR) is 62.2 cm³/mol. The van der Waals surface area contributed by atoms with Gasteiger partial charge >= 0.3 is 0 Å². The van der Waals surface area contributed by atoms with E-state index in [-0.39, 0.29) is 5.91 Å². The van der Waals surface area contributed by atoms with E-state index in [9.17, 15) is 4.79 Å². The second kappa shape index (κ2) is 3.96. The molecule has 1 atom stereocenters. The third-order valence-corrected chi connectivity index (χ3v) is 3.59. The zero-order chi connectivity index (χ0) is 11.0. The van der Waals surface area contributed by atoms with Gasteiger partial charge in [0, 0.05) is 31.4 Å². The highest BCUT2D eigenvalue weighted by Gasteiger charge is 2.31. The van der Waals surface area contributed by atoms with Gasteiger partial charge in [-0.2, -0.15) is 5.10 Å². The molecule has 4 nitrogen and oxygen atoms in total. The molecule has 1 unspecified atom stereocenters. The van der Waals surface area contributed by atoms with Crippen molar-refractivity contribution in [3.8, 4) is 0 Å². The Balaban J connectivity index is 2.25. The number of halogens is 1. The maximum absolute atomic E-state index is 11.8. The standard InChI is InChI=1S/C10H14BrN3O/c1-7-3-9(13(2)12-7)14-6-8(5-11)4-10(14)15/h3,8H,4-6H2,1-2H3. The predicted octanol–water partition coefficient (Wildman–Crippen LogP) is 1.48. The topological polar surface area (TPSA) is 38.1 Å². The number of aryl methyl sites for hydroxylation is 2. The van der Waals surface area contributed by atoms with Crippen LogP contribution in [-0.4, -0.2) is 27.6 Å². The molecular formula is C10H14BrN3O. The molecular weight excluding hydrogens is 258 g/mol. The Morgan fingerprint density at radius 1 is 1.67 bits per heavy atom. The first-order chi connectivity index (χ1) is 7.11. The maximum Gasteiger partial charge on any atom is 0.228 e. The Morgan fingerprint density at radius 2 is 2.40 bits per heavy atom. The van der Waals surface area contributed by atoms with Gasteiger partial charge < -0.3 is 0 Å². The molecule has 1 aliphatic rings. The molecule has 5 heteroatoms. The Bertz CT molecular complexity index is 388. The first kappa shape index (κ1) is 10.7. The fourth-order valence-electron chi connectivity index (χ4n) is 1.96. The van der Waals surface area contributed by atoms with Gasteiger partial charge in [0.1, 0.15) is 5.82 Å². The molecule has 0 radical (unpaired) electrons. The average molecular weight is 272 g/mol. The molecule has 1 aliphatic heterocycles. The summed E-state index contributed by atoms with van der Waals surface area (Å²) in [5.41, 5.74) is 0.947. The Morgan fingerprint density at radius 3 is 2.87 bits per heavy atom. The quantitative estimate of drug-likeness (QED) is 0.765. The smallest absolute Gasteiger partial charge is 0.228 e. The maximum atomic E-state index is 11.8. The van der Waals surface area contributed by atoms with Crippen LogP contribution in [0, 0.1) is 12.8 Å². The van der Waals surface area contributed by atoms with E-state index < -0.39 is 0 Å². The number of amides is 1. The van der Waals surface area contributed by atoms with Crippen LogP contribution in [0.25, 0.3) is 0 Å². The lowest BCUT2D eigenvalue weighted by Crippen LogP contribution is -2.26. The van der Waals surface area contributed by atoms with Gasteiger partial charge in [0.05, 0.1) is 5.69 Å². The molecule has 0 N–H and O–H groups in total. The molecule has 1 saturated heterocycles. The summed E-state index contributed by atoms with van der Waals surface area (Å²) < 4.78 is 1.77. The number of hydrogen-bond acceptors (Lipinski definition) is 2. The van der Waals surface area contributed by atoms with Gasteiger partial charge in [0.25, 0.3) is 0 Å². The molecule has 0 aromatic carbocycles. The Kier molecular flexibility index (Phi) is 2.82. The van der Waals surface area contributed by atoms with Crippen LogP contribution in [-0.2, 0) is 11.8 Å². The third kappa shape index (κ3) is 1.93. The van der Waals surface area contributed by atoms with E-state index in [0.29, 0.717) is 12.3 Å². The Labute approximate surface area is 97.4 Å². The van der Waals surface area contributed by atoms with Gasteiger partial charge in [-0.15, -0.1) is 0 Å². The number of carbonyl (C=O) groups excluding carboxylic acids is 1. The first-order valence-electron chi connectivity index (χ1n) is 4.98. The van der Waals surface area contributed by atoms with Crippen molar-refractivity contribution >= 4 is 27.7 Å². The lowest BCUT2D eigenvalue weighted by atomic mass is 10.2. The normalized spacial score (nSPS) is 21.4. The van der Waals surface area contributed by atoms with E-state index in [1.165, 1.54) is 0 Å². The molecule has 15 heavy (non-hydrogen) atoms. The summed E-state index contributed by atoms with van der Waals surface area (Å²) in [7, 11) is 1.87.